The van der Waals surface area contributed by atoms with Crippen molar-refractivity contribution in [2.45, 2.75) is 44.7 Å². The molecule has 0 fully saturated rings. The summed E-state index contributed by atoms with van der Waals surface area (Å²) in [5.74, 6) is 1.13. The van der Waals surface area contributed by atoms with Crippen molar-refractivity contribution in [3.05, 3.63) is 115 Å². The Kier molecular flexibility index (Phi) is 11.8. The van der Waals surface area contributed by atoms with Gasteiger partial charge in [0.25, 0.3) is 10.0 Å². The molecule has 0 aliphatic heterocycles. The normalized spacial score (nSPS) is 11.8. The SMILES string of the molecule is CCC(C(=O)NCC(C)C)N(Cc1cccc(OC)c1)C(=O)CN(c1ccc(Oc2ccccc2)cc1)S(=O)(=O)c1ccccc1. The van der Waals surface area contributed by atoms with Crippen molar-refractivity contribution in [2.24, 2.45) is 5.92 Å². The molecule has 0 bridgehead atoms. The Balaban J connectivity index is 1.71. The van der Waals surface area contributed by atoms with Crippen LogP contribution in [0.5, 0.6) is 17.2 Å². The van der Waals surface area contributed by atoms with Crippen molar-refractivity contribution in [3.63, 3.8) is 0 Å². The summed E-state index contributed by atoms with van der Waals surface area (Å²) in [7, 11) is -2.63. The lowest BCUT2D eigenvalue weighted by molar-refractivity contribution is -0.140. The molecule has 0 radical (unpaired) electrons. The number of amides is 2. The van der Waals surface area contributed by atoms with Gasteiger partial charge >= 0.3 is 0 Å². The molecule has 4 aromatic carbocycles. The summed E-state index contributed by atoms with van der Waals surface area (Å²) in [6, 6.07) is 30.1. The number of hydrogen-bond acceptors (Lipinski definition) is 6. The molecule has 1 unspecified atom stereocenters. The van der Waals surface area contributed by atoms with Crippen molar-refractivity contribution >= 4 is 27.5 Å². The lowest BCUT2D eigenvalue weighted by atomic mass is 10.1. The van der Waals surface area contributed by atoms with Gasteiger partial charge in [-0.05, 0) is 78.6 Å². The summed E-state index contributed by atoms with van der Waals surface area (Å²) in [5, 5.41) is 2.94. The molecule has 0 aliphatic carbocycles. The minimum absolute atomic E-state index is 0.0356. The molecule has 0 aromatic heterocycles. The van der Waals surface area contributed by atoms with Crippen molar-refractivity contribution in [1.82, 2.24) is 10.2 Å². The molecular weight excluding hydrogens is 602 g/mol. The van der Waals surface area contributed by atoms with Crippen LogP contribution in [0.25, 0.3) is 0 Å². The van der Waals surface area contributed by atoms with Crippen LogP contribution in [-0.4, -0.2) is 51.4 Å². The summed E-state index contributed by atoms with van der Waals surface area (Å²) in [4.78, 5) is 29.2. The third-order valence-electron chi connectivity index (χ3n) is 7.27. The van der Waals surface area contributed by atoms with Gasteiger partial charge in [0.1, 0.15) is 29.8 Å². The van der Waals surface area contributed by atoms with Crippen LogP contribution in [0.2, 0.25) is 0 Å². The van der Waals surface area contributed by atoms with E-state index in [-0.39, 0.29) is 29.0 Å². The standard InChI is InChI=1S/C36H41N3O6S/c1-5-34(36(41)37-24-27(2)3)38(25-28-13-12-16-32(23-28)44-4)35(40)26-39(46(42,43)33-17-10-7-11-18-33)29-19-21-31(22-20-29)45-30-14-8-6-9-15-30/h6-23,27,34H,5,24-26H2,1-4H3,(H,37,41). The van der Waals surface area contributed by atoms with Crippen LogP contribution in [0.15, 0.2) is 114 Å². The van der Waals surface area contributed by atoms with E-state index >= 15 is 0 Å². The average Bonchev–Trinajstić information content (AvgIpc) is 3.07. The number of hydrogen-bond donors (Lipinski definition) is 1. The van der Waals surface area contributed by atoms with E-state index in [0.29, 0.717) is 30.2 Å². The van der Waals surface area contributed by atoms with Gasteiger partial charge in [0.15, 0.2) is 0 Å². The predicted octanol–water partition coefficient (Wildman–Crippen LogP) is 6.26. The van der Waals surface area contributed by atoms with Crippen LogP contribution in [0, 0.1) is 5.92 Å². The van der Waals surface area contributed by atoms with Gasteiger partial charge < -0.3 is 19.7 Å². The fraction of sp³-hybridized carbons (Fsp3) is 0.278. The summed E-state index contributed by atoms with van der Waals surface area (Å²) in [5.41, 5.74) is 1.01. The van der Waals surface area contributed by atoms with Gasteiger partial charge in [0.2, 0.25) is 11.8 Å². The molecule has 46 heavy (non-hydrogen) atoms. The highest BCUT2D eigenvalue weighted by Gasteiger charge is 2.33. The molecule has 1 N–H and O–H groups in total. The molecule has 2 amide bonds. The maximum atomic E-state index is 14.3. The quantitative estimate of drug-likeness (QED) is 0.164. The average molecular weight is 644 g/mol. The molecule has 0 heterocycles. The number of ether oxygens (including phenoxy) is 2. The molecule has 4 aromatic rings. The molecule has 0 spiro atoms. The van der Waals surface area contributed by atoms with E-state index in [0.717, 1.165) is 9.87 Å². The zero-order chi connectivity index (χ0) is 33.1. The zero-order valence-electron chi connectivity index (χ0n) is 26.6. The van der Waals surface area contributed by atoms with Crippen LogP contribution in [-0.2, 0) is 26.2 Å². The second-order valence-corrected chi connectivity index (χ2v) is 13.0. The number of benzene rings is 4. The first-order valence-corrected chi connectivity index (χ1v) is 16.7. The molecule has 1 atom stereocenters. The molecule has 0 saturated heterocycles. The molecular formula is C36H41N3O6S. The summed E-state index contributed by atoms with van der Waals surface area (Å²) in [6.45, 7) is 5.80. The third kappa shape index (κ3) is 8.88. The van der Waals surface area contributed by atoms with Crippen molar-refractivity contribution in [2.75, 3.05) is 24.5 Å². The highest BCUT2D eigenvalue weighted by Crippen LogP contribution is 2.29. The van der Waals surface area contributed by atoms with E-state index in [9.17, 15) is 18.0 Å². The van der Waals surface area contributed by atoms with E-state index in [1.807, 2.05) is 63.2 Å². The van der Waals surface area contributed by atoms with Gasteiger partial charge in [0, 0.05) is 13.1 Å². The Hall–Kier alpha value is -4.83. The highest BCUT2D eigenvalue weighted by atomic mass is 32.2. The number of carbonyl (C=O) groups is 2. The largest absolute Gasteiger partial charge is 0.497 e. The maximum absolute atomic E-state index is 14.3. The van der Waals surface area contributed by atoms with E-state index in [1.165, 1.54) is 17.0 Å². The molecule has 4 rings (SSSR count). The van der Waals surface area contributed by atoms with Crippen LogP contribution in [0.4, 0.5) is 5.69 Å². The fourth-order valence-corrected chi connectivity index (χ4v) is 6.30. The van der Waals surface area contributed by atoms with Crippen molar-refractivity contribution in [3.8, 4) is 17.2 Å². The number of nitrogens with one attached hydrogen (secondary N) is 1. The Morgan fingerprint density at radius 3 is 2.02 bits per heavy atom. The summed E-state index contributed by atoms with van der Waals surface area (Å²) < 4.78 is 40.5. The second-order valence-electron chi connectivity index (χ2n) is 11.2. The fourth-order valence-electron chi connectivity index (χ4n) is 4.86. The maximum Gasteiger partial charge on any atom is 0.264 e. The van der Waals surface area contributed by atoms with Crippen molar-refractivity contribution < 1.29 is 27.5 Å². The lowest BCUT2D eigenvalue weighted by Gasteiger charge is -2.33. The molecule has 0 saturated carbocycles. The van der Waals surface area contributed by atoms with Gasteiger partial charge in [-0.25, -0.2) is 8.42 Å². The number of carbonyl (C=O) groups excluding carboxylic acids is 2. The molecule has 242 valence electrons. The van der Waals surface area contributed by atoms with Gasteiger partial charge in [-0.2, -0.15) is 0 Å². The number of sulfonamides is 1. The van der Waals surface area contributed by atoms with E-state index in [4.69, 9.17) is 9.47 Å². The topological polar surface area (TPSA) is 105 Å². The Bertz CT molecular complexity index is 1680. The first kappa shape index (κ1) is 34.1. The summed E-state index contributed by atoms with van der Waals surface area (Å²) in [6.07, 6.45) is 0.330. The van der Waals surface area contributed by atoms with Gasteiger partial charge in [-0.3, -0.25) is 13.9 Å². The van der Waals surface area contributed by atoms with Gasteiger partial charge in [-0.15, -0.1) is 0 Å². The Morgan fingerprint density at radius 2 is 1.41 bits per heavy atom. The Morgan fingerprint density at radius 1 is 0.804 bits per heavy atom. The monoisotopic (exact) mass is 643 g/mol. The number of rotatable bonds is 15. The Labute approximate surface area is 271 Å². The molecule has 10 heteroatoms. The van der Waals surface area contributed by atoms with Crippen molar-refractivity contribution in [1.29, 1.82) is 0 Å². The minimum atomic E-state index is -4.19. The minimum Gasteiger partial charge on any atom is -0.497 e. The molecule has 0 aliphatic rings. The summed E-state index contributed by atoms with van der Waals surface area (Å²) >= 11 is 0. The molecule has 9 nitrogen and oxygen atoms in total. The van der Waals surface area contributed by atoms with E-state index < -0.39 is 28.5 Å². The first-order valence-electron chi connectivity index (χ1n) is 15.2. The number of para-hydroxylation sites is 1. The zero-order valence-corrected chi connectivity index (χ0v) is 27.4. The second kappa shape index (κ2) is 15.9. The predicted molar refractivity (Wildman–Crippen MR) is 179 cm³/mol. The van der Waals surface area contributed by atoms with Gasteiger partial charge in [-0.1, -0.05) is 69.3 Å². The van der Waals surface area contributed by atoms with Crippen LogP contribution < -0.4 is 19.1 Å². The highest BCUT2D eigenvalue weighted by molar-refractivity contribution is 7.92. The third-order valence-corrected chi connectivity index (χ3v) is 9.06. The van der Waals surface area contributed by atoms with E-state index in [2.05, 4.69) is 5.32 Å². The van der Waals surface area contributed by atoms with Crippen LogP contribution >= 0.6 is 0 Å². The number of nitrogens with zero attached hydrogens (tertiary/aromatic N) is 2. The van der Waals surface area contributed by atoms with Crippen LogP contribution in [0.3, 0.4) is 0 Å². The van der Waals surface area contributed by atoms with Crippen LogP contribution in [0.1, 0.15) is 32.8 Å². The smallest absolute Gasteiger partial charge is 0.264 e. The van der Waals surface area contributed by atoms with Gasteiger partial charge in [0.05, 0.1) is 17.7 Å². The lowest BCUT2D eigenvalue weighted by Crippen LogP contribution is -2.52. The first-order chi connectivity index (χ1) is 22.1. The van der Waals surface area contributed by atoms with E-state index in [1.54, 1.807) is 61.7 Å². The number of methoxy groups -OCH3 is 1. The number of anilines is 1.